The maximum absolute atomic E-state index is 11.9. The first-order valence-electron chi connectivity index (χ1n) is 6.38. The fourth-order valence-electron chi connectivity index (χ4n) is 1.79. The summed E-state index contributed by atoms with van der Waals surface area (Å²) in [5.74, 6) is 0.562. The van der Waals surface area contributed by atoms with Gasteiger partial charge in [0, 0.05) is 3.57 Å². The van der Waals surface area contributed by atoms with Gasteiger partial charge in [-0.05, 0) is 52.9 Å². The number of hydrogen-bond acceptors (Lipinski definition) is 5. The second-order valence-electron chi connectivity index (χ2n) is 4.17. The van der Waals surface area contributed by atoms with Crippen LogP contribution >= 0.6 is 22.6 Å². The van der Waals surface area contributed by atoms with E-state index in [9.17, 15) is 4.79 Å². The Morgan fingerprint density at radius 3 is 2.55 bits per heavy atom. The Labute approximate surface area is 142 Å². The van der Waals surface area contributed by atoms with Crippen molar-refractivity contribution >= 4 is 34.3 Å². The van der Waals surface area contributed by atoms with E-state index in [4.69, 9.17) is 14.3 Å². The van der Waals surface area contributed by atoms with E-state index < -0.39 is 5.97 Å². The number of benzene rings is 2. The van der Waals surface area contributed by atoms with Crippen molar-refractivity contribution in [3.63, 3.8) is 0 Å². The molecule has 0 aliphatic carbocycles. The monoisotopic (exact) mass is 411 g/mol. The molecule has 0 atom stereocenters. The zero-order valence-corrected chi connectivity index (χ0v) is 14.2. The molecule has 0 saturated carbocycles. The highest BCUT2D eigenvalue weighted by Gasteiger charge is 2.20. The molecule has 0 aromatic heterocycles. The molecule has 114 valence electrons. The molecule has 0 amide bonds. The number of hydrogen-bond donors (Lipinski definition) is 0. The minimum atomic E-state index is -0.597. The first kappa shape index (κ1) is 16.3. The molecule has 0 N–H and O–H groups in total. The van der Waals surface area contributed by atoms with E-state index in [2.05, 4.69) is 27.7 Å². The van der Waals surface area contributed by atoms with Crippen molar-refractivity contribution in [2.24, 2.45) is 5.16 Å². The van der Waals surface area contributed by atoms with Gasteiger partial charge >= 0.3 is 5.97 Å². The highest BCUT2D eigenvalue weighted by molar-refractivity contribution is 14.1. The Hall–Kier alpha value is -2.09. The minimum absolute atomic E-state index is 0.0474. The number of ether oxygens (including phenoxy) is 2. The van der Waals surface area contributed by atoms with E-state index >= 15 is 0 Å². The first-order valence-corrected chi connectivity index (χ1v) is 7.46. The largest absolute Gasteiger partial charge is 0.464 e. The quantitative estimate of drug-likeness (QED) is 0.327. The fourth-order valence-corrected chi connectivity index (χ4v) is 2.31. The molecule has 6 heteroatoms. The molecule has 2 rings (SSSR count). The van der Waals surface area contributed by atoms with Gasteiger partial charge in [0.1, 0.15) is 18.6 Å². The van der Waals surface area contributed by atoms with Gasteiger partial charge in [-0.3, -0.25) is 0 Å². The molecular formula is C16H14INO4. The molecular weight excluding hydrogens is 397 g/mol. The van der Waals surface area contributed by atoms with Gasteiger partial charge in [0.2, 0.25) is 0 Å². The third-order valence-corrected chi connectivity index (χ3v) is 3.40. The van der Waals surface area contributed by atoms with Crippen LogP contribution in [0.1, 0.15) is 5.56 Å². The topological polar surface area (TPSA) is 57.1 Å². The standard InChI is InChI=1S/C16H14INO4/c1-20-16(19)15(18-21-2)13-8-3-4-9-14(13)22-12-7-5-6-11(17)10-12/h3-10H,1-2H3. The van der Waals surface area contributed by atoms with Gasteiger partial charge in [-0.15, -0.1) is 0 Å². The summed E-state index contributed by atoms with van der Waals surface area (Å²) in [6.45, 7) is 0. The third kappa shape index (κ3) is 3.97. The molecule has 0 bridgehead atoms. The average Bonchev–Trinajstić information content (AvgIpc) is 2.53. The molecule has 22 heavy (non-hydrogen) atoms. The van der Waals surface area contributed by atoms with Crippen molar-refractivity contribution in [2.75, 3.05) is 14.2 Å². The van der Waals surface area contributed by atoms with Crippen LogP contribution in [0.3, 0.4) is 0 Å². The highest BCUT2D eigenvalue weighted by atomic mass is 127. The molecule has 0 fully saturated rings. The number of oxime groups is 1. The number of methoxy groups -OCH3 is 1. The van der Waals surface area contributed by atoms with Crippen molar-refractivity contribution in [3.8, 4) is 11.5 Å². The third-order valence-electron chi connectivity index (χ3n) is 2.73. The van der Waals surface area contributed by atoms with E-state index in [1.807, 2.05) is 30.3 Å². The molecule has 0 heterocycles. The molecule has 0 spiro atoms. The maximum Gasteiger partial charge on any atom is 0.360 e. The van der Waals surface area contributed by atoms with Gasteiger partial charge < -0.3 is 14.3 Å². The minimum Gasteiger partial charge on any atom is -0.464 e. The van der Waals surface area contributed by atoms with Crippen molar-refractivity contribution < 1.29 is 19.1 Å². The number of para-hydroxylation sites is 1. The van der Waals surface area contributed by atoms with E-state index in [-0.39, 0.29) is 5.71 Å². The molecule has 2 aromatic carbocycles. The van der Waals surface area contributed by atoms with Crippen molar-refractivity contribution in [3.05, 3.63) is 57.7 Å². The van der Waals surface area contributed by atoms with Crippen LogP contribution in [0, 0.1) is 3.57 Å². The Balaban J connectivity index is 2.41. The van der Waals surface area contributed by atoms with Crippen molar-refractivity contribution in [1.29, 1.82) is 0 Å². The Kier molecular flexibility index (Phi) is 5.76. The molecule has 0 saturated heterocycles. The van der Waals surface area contributed by atoms with Gasteiger partial charge in [0.05, 0.1) is 12.7 Å². The summed E-state index contributed by atoms with van der Waals surface area (Å²) in [6, 6.07) is 14.7. The van der Waals surface area contributed by atoms with E-state index in [0.717, 1.165) is 3.57 Å². The Morgan fingerprint density at radius 2 is 1.86 bits per heavy atom. The summed E-state index contributed by atoms with van der Waals surface area (Å²) in [5.41, 5.74) is 0.543. The van der Waals surface area contributed by atoms with Crippen LogP contribution < -0.4 is 4.74 Å². The summed E-state index contributed by atoms with van der Waals surface area (Å²) in [4.78, 5) is 16.6. The lowest BCUT2D eigenvalue weighted by atomic mass is 10.1. The number of carbonyl (C=O) groups excluding carboxylic acids is 1. The predicted molar refractivity (Wildman–Crippen MR) is 91.2 cm³/mol. The number of esters is 1. The Morgan fingerprint density at radius 1 is 1.09 bits per heavy atom. The van der Waals surface area contributed by atoms with E-state index in [1.54, 1.807) is 18.2 Å². The molecule has 0 aliphatic rings. The number of carbonyl (C=O) groups is 1. The zero-order valence-electron chi connectivity index (χ0n) is 12.1. The number of rotatable bonds is 5. The average molecular weight is 411 g/mol. The highest BCUT2D eigenvalue weighted by Crippen LogP contribution is 2.27. The van der Waals surface area contributed by atoms with Crippen LogP contribution in [0.25, 0.3) is 0 Å². The summed E-state index contributed by atoms with van der Waals surface area (Å²) in [7, 11) is 2.66. The lowest BCUT2D eigenvalue weighted by Crippen LogP contribution is -2.18. The second kappa shape index (κ2) is 7.79. The van der Waals surface area contributed by atoms with Crippen LogP contribution in [0.15, 0.2) is 53.7 Å². The molecule has 0 unspecified atom stereocenters. The van der Waals surface area contributed by atoms with Crippen molar-refractivity contribution in [2.45, 2.75) is 0 Å². The second-order valence-corrected chi connectivity index (χ2v) is 5.42. The summed E-state index contributed by atoms with van der Waals surface area (Å²) >= 11 is 2.20. The lowest BCUT2D eigenvalue weighted by molar-refractivity contribution is -0.132. The van der Waals surface area contributed by atoms with Gasteiger partial charge in [-0.1, -0.05) is 23.4 Å². The summed E-state index contributed by atoms with van der Waals surface area (Å²) in [6.07, 6.45) is 0. The maximum atomic E-state index is 11.9. The molecule has 2 aromatic rings. The summed E-state index contributed by atoms with van der Waals surface area (Å²) < 4.78 is 11.6. The normalized spacial score (nSPS) is 11.0. The van der Waals surface area contributed by atoms with Crippen LogP contribution in [-0.4, -0.2) is 25.9 Å². The fraction of sp³-hybridized carbons (Fsp3) is 0.125. The smallest absolute Gasteiger partial charge is 0.360 e. The molecule has 0 radical (unpaired) electrons. The summed E-state index contributed by atoms with van der Waals surface area (Å²) in [5, 5.41) is 3.75. The SMILES string of the molecule is CON=C(C(=O)OC)c1ccccc1Oc1cccc(I)c1. The van der Waals surface area contributed by atoms with Gasteiger partial charge in [0.15, 0.2) is 5.71 Å². The lowest BCUT2D eigenvalue weighted by Gasteiger charge is -2.11. The van der Waals surface area contributed by atoms with Gasteiger partial charge in [-0.25, -0.2) is 4.79 Å². The molecule has 0 aliphatic heterocycles. The van der Waals surface area contributed by atoms with E-state index in [1.165, 1.54) is 14.2 Å². The van der Waals surface area contributed by atoms with Crippen LogP contribution in [0.5, 0.6) is 11.5 Å². The molecule has 5 nitrogen and oxygen atoms in total. The first-order chi connectivity index (χ1) is 10.7. The number of halogens is 1. The predicted octanol–water partition coefficient (Wildman–Crippen LogP) is 3.61. The van der Waals surface area contributed by atoms with Gasteiger partial charge in [0.25, 0.3) is 0 Å². The zero-order chi connectivity index (χ0) is 15.9. The van der Waals surface area contributed by atoms with Crippen LogP contribution in [-0.2, 0) is 14.4 Å². The van der Waals surface area contributed by atoms with Gasteiger partial charge in [-0.2, -0.15) is 0 Å². The number of nitrogens with zero attached hydrogens (tertiary/aromatic N) is 1. The van der Waals surface area contributed by atoms with Crippen LogP contribution in [0.4, 0.5) is 0 Å². The Bertz CT molecular complexity index is 700. The van der Waals surface area contributed by atoms with E-state index in [0.29, 0.717) is 17.1 Å². The van der Waals surface area contributed by atoms with Crippen LogP contribution in [0.2, 0.25) is 0 Å². The van der Waals surface area contributed by atoms with Crippen molar-refractivity contribution in [1.82, 2.24) is 0 Å².